The Bertz CT molecular complexity index is 603. The fraction of sp³-hybridized carbons (Fsp3) is 0.167. The molecule has 0 unspecified atom stereocenters. The lowest BCUT2D eigenvalue weighted by Gasteiger charge is -2.04. The summed E-state index contributed by atoms with van der Waals surface area (Å²) in [7, 11) is 0. The first-order valence-corrected chi connectivity index (χ1v) is 7.04. The molecule has 0 atom stereocenters. The van der Waals surface area contributed by atoms with Crippen LogP contribution in [-0.2, 0) is 13.1 Å². The van der Waals surface area contributed by atoms with E-state index in [4.69, 9.17) is 0 Å². The van der Waals surface area contributed by atoms with Gasteiger partial charge in [-0.05, 0) is 39.7 Å². The Morgan fingerprint density at radius 1 is 1.32 bits per heavy atom. The van der Waals surface area contributed by atoms with Crippen molar-refractivity contribution in [2.75, 3.05) is 0 Å². The van der Waals surface area contributed by atoms with Gasteiger partial charge in [-0.3, -0.25) is 10.1 Å². The Hall–Kier alpha value is -1.31. The molecule has 0 spiro atoms. The molecule has 0 saturated heterocycles. The van der Waals surface area contributed by atoms with Gasteiger partial charge in [0.05, 0.1) is 14.8 Å². The van der Waals surface area contributed by atoms with Crippen molar-refractivity contribution in [3.05, 3.63) is 60.5 Å². The predicted molar refractivity (Wildman–Crippen MR) is 75.6 cm³/mol. The van der Waals surface area contributed by atoms with E-state index in [1.54, 1.807) is 11.3 Å². The van der Waals surface area contributed by atoms with Gasteiger partial charge in [0.2, 0.25) is 0 Å². The standard InChI is InChI=1S/C12H10BrFN2O2S/c13-12-2-1-11(19-12)7-15-6-8-3-9(14)5-10(4-8)16(17)18/h1-5,15H,6-7H2. The summed E-state index contributed by atoms with van der Waals surface area (Å²) in [5.74, 6) is -0.593. The lowest BCUT2D eigenvalue weighted by atomic mass is 10.2. The van der Waals surface area contributed by atoms with E-state index in [0.717, 1.165) is 14.7 Å². The van der Waals surface area contributed by atoms with E-state index < -0.39 is 10.7 Å². The van der Waals surface area contributed by atoms with Gasteiger partial charge in [0.1, 0.15) is 5.82 Å². The van der Waals surface area contributed by atoms with Crippen molar-refractivity contribution in [3.63, 3.8) is 0 Å². The zero-order valence-electron chi connectivity index (χ0n) is 9.73. The molecule has 0 bridgehead atoms. The van der Waals surface area contributed by atoms with Crippen molar-refractivity contribution >= 4 is 33.0 Å². The van der Waals surface area contributed by atoms with E-state index in [1.165, 1.54) is 12.1 Å². The molecule has 1 N–H and O–H groups in total. The fourth-order valence-electron chi connectivity index (χ4n) is 1.62. The van der Waals surface area contributed by atoms with Crippen LogP contribution < -0.4 is 5.32 Å². The topological polar surface area (TPSA) is 55.2 Å². The number of rotatable bonds is 5. The molecule has 1 heterocycles. The van der Waals surface area contributed by atoms with E-state index in [2.05, 4.69) is 21.2 Å². The zero-order valence-corrected chi connectivity index (χ0v) is 12.1. The average Bonchev–Trinajstić information content (AvgIpc) is 2.74. The number of nitro benzene ring substituents is 1. The Balaban J connectivity index is 1.97. The van der Waals surface area contributed by atoms with Crippen LogP contribution in [0.15, 0.2) is 34.1 Å². The summed E-state index contributed by atoms with van der Waals surface area (Å²) in [5, 5.41) is 13.7. The highest BCUT2D eigenvalue weighted by Gasteiger charge is 2.09. The van der Waals surface area contributed by atoms with Crippen LogP contribution in [0.1, 0.15) is 10.4 Å². The summed E-state index contributed by atoms with van der Waals surface area (Å²) in [5.41, 5.74) is 0.331. The Labute approximate surface area is 121 Å². The zero-order chi connectivity index (χ0) is 13.8. The van der Waals surface area contributed by atoms with Gasteiger partial charge >= 0.3 is 0 Å². The lowest BCUT2D eigenvalue weighted by molar-refractivity contribution is -0.385. The SMILES string of the molecule is O=[N+]([O-])c1cc(F)cc(CNCc2ccc(Br)s2)c1. The highest BCUT2D eigenvalue weighted by Crippen LogP contribution is 2.22. The summed E-state index contributed by atoms with van der Waals surface area (Å²) in [6.07, 6.45) is 0. The molecular weight excluding hydrogens is 335 g/mol. The van der Waals surface area contributed by atoms with Crippen LogP contribution in [0.3, 0.4) is 0 Å². The minimum absolute atomic E-state index is 0.226. The third-order valence-corrected chi connectivity index (χ3v) is 4.03. The molecule has 7 heteroatoms. The largest absolute Gasteiger partial charge is 0.308 e. The van der Waals surface area contributed by atoms with Gasteiger partial charge in [0, 0.05) is 24.0 Å². The van der Waals surface area contributed by atoms with E-state index in [-0.39, 0.29) is 5.69 Å². The monoisotopic (exact) mass is 344 g/mol. The van der Waals surface area contributed by atoms with E-state index >= 15 is 0 Å². The van der Waals surface area contributed by atoms with Gasteiger partial charge < -0.3 is 5.32 Å². The second-order valence-electron chi connectivity index (χ2n) is 3.88. The third kappa shape index (κ3) is 4.09. The van der Waals surface area contributed by atoms with Crippen molar-refractivity contribution in [1.29, 1.82) is 0 Å². The molecule has 2 rings (SSSR count). The van der Waals surface area contributed by atoms with Crippen LogP contribution in [-0.4, -0.2) is 4.92 Å². The first-order valence-electron chi connectivity index (χ1n) is 5.43. The second kappa shape index (κ2) is 6.23. The third-order valence-electron chi connectivity index (χ3n) is 2.41. The Kier molecular flexibility index (Phi) is 4.62. The van der Waals surface area contributed by atoms with Crippen LogP contribution >= 0.6 is 27.3 Å². The number of benzene rings is 1. The molecule has 0 radical (unpaired) electrons. The summed E-state index contributed by atoms with van der Waals surface area (Å²) in [4.78, 5) is 11.2. The molecule has 1 aromatic heterocycles. The molecule has 0 fully saturated rings. The van der Waals surface area contributed by atoms with Gasteiger partial charge in [-0.15, -0.1) is 11.3 Å². The van der Waals surface area contributed by atoms with Gasteiger partial charge in [0.15, 0.2) is 0 Å². The maximum absolute atomic E-state index is 13.2. The molecule has 0 aliphatic rings. The highest BCUT2D eigenvalue weighted by atomic mass is 79.9. The highest BCUT2D eigenvalue weighted by molar-refractivity contribution is 9.11. The minimum Gasteiger partial charge on any atom is -0.308 e. The number of hydrogen-bond acceptors (Lipinski definition) is 4. The number of nitrogens with zero attached hydrogens (tertiary/aromatic N) is 1. The Morgan fingerprint density at radius 2 is 2.11 bits per heavy atom. The number of thiophene rings is 1. The number of halogens is 2. The van der Waals surface area contributed by atoms with Crippen molar-refractivity contribution < 1.29 is 9.31 Å². The van der Waals surface area contributed by atoms with Gasteiger partial charge in [-0.2, -0.15) is 0 Å². The first-order chi connectivity index (χ1) is 9.04. The summed E-state index contributed by atoms with van der Waals surface area (Å²) >= 11 is 4.98. The van der Waals surface area contributed by atoms with Gasteiger partial charge in [-0.25, -0.2) is 4.39 Å². The molecule has 19 heavy (non-hydrogen) atoms. The van der Waals surface area contributed by atoms with Crippen molar-refractivity contribution in [2.24, 2.45) is 0 Å². The van der Waals surface area contributed by atoms with Crippen LogP contribution in [0.2, 0.25) is 0 Å². The number of nitrogens with one attached hydrogen (secondary N) is 1. The molecule has 4 nitrogen and oxygen atoms in total. The van der Waals surface area contributed by atoms with Crippen LogP contribution in [0, 0.1) is 15.9 Å². The van der Waals surface area contributed by atoms with Gasteiger partial charge in [0.25, 0.3) is 5.69 Å². The van der Waals surface area contributed by atoms with E-state index in [1.807, 2.05) is 12.1 Å². The maximum Gasteiger partial charge on any atom is 0.272 e. The predicted octanol–water partition coefficient (Wildman–Crippen LogP) is 3.85. The molecular formula is C12H10BrFN2O2S. The summed E-state index contributed by atoms with van der Waals surface area (Å²) < 4.78 is 14.3. The van der Waals surface area contributed by atoms with Gasteiger partial charge in [-0.1, -0.05) is 0 Å². The van der Waals surface area contributed by atoms with Crippen LogP contribution in [0.4, 0.5) is 10.1 Å². The maximum atomic E-state index is 13.2. The van der Waals surface area contributed by atoms with Crippen LogP contribution in [0.25, 0.3) is 0 Å². The second-order valence-corrected chi connectivity index (χ2v) is 6.43. The summed E-state index contributed by atoms with van der Waals surface area (Å²) in [6, 6.07) is 7.52. The molecule has 0 amide bonds. The molecule has 1 aromatic carbocycles. The number of hydrogen-bond donors (Lipinski definition) is 1. The van der Waals surface area contributed by atoms with Crippen molar-refractivity contribution in [1.82, 2.24) is 5.32 Å². The average molecular weight is 345 g/mol. The lowest BCUT2D eigenvalue weighted by Crippen LogP contribution is -2.12. The van der Waals surface area contributed by atoms with Crippen molar-refractivity contribution in [3.8, 4) is 0 Å². The fourth-order valence-corrected chi connectivity index (χ4v) is 3.07. The number of non-ortho nitro benzene ring substituents is 1. The quantitative estimate of drug-likeness (QED) is 0.662. The molecule has 0 aliphatic heterocycles. The minimum atomic E-state index is -0.594. The Morgan fingerprint density at radius 3 is 2.74 bits per heavy atom. The number of nitro groups is 1. The van der Waals surface area contributed by atoms with Crippen LogP contribution in [0.5, 0.6) is 0 Å². The molecule has 100 valence electrons. The van der Waals surface area contributed by atoms with E-state index in [0.29, 0.717) is 18.7 Å². The molecule has 0 aliphatic carbocycles. The smallest absolute Gasteiger partial charge is 0.272 e. The normalized spacial score (nSPS) is 10.6. The molecule has 0 saturated carbocycles. The van der Waals surface area contributed by atoms with E-state index in [9.17, 15) is 14.5 Å². The summed E-state index contributed by atoms with van der Waals surface area (Å²) in [6.45, 7) is 1.02. The van der Waals surface area contributed by atoms with Crippen molar-refractivity contribution in [2.45, 2.75) is 13.1 Å². The molecule has 2 aromatic rings. The first kappa shape index (κ1) is 14.1.